The van der Waals surface area contributed by atoms with E-state index in [2.05, 4.69) is 10.4 Å². The Morgan fingerprint density at radius 3 is 2.81 bits per heavy atom. The zero-order valence-corrected chi connectivity index (χ0v) is 12.7. The van der Waals surface area contributed by atoms with Gasteiger partial charge in [-0.15, -0.1) is 11.3 Å². The summed E-state index contributed by atoms with van der Waals surface area (Å²) < 4.78 is 1.32. The van der Waals surface area contributed by atoms with Gasteiger partial charge in [0, 0.05) is 23.6 Å². The van der Waals surface area contributed by atoms with Gasteiger partial charge in [0.25, 0.3) is 0 Å². The van der Waals surface area contributed by atoms with E-state index >= 15 is 0 Å². The lowest BCUT2D eigenvalue weighted by molar-refractivity contribution is -0.146. The van der Waals surface area contributed by atoms with Crippen molar-refractivity contribution in [1.82, 2.24) is 9.78 Å². The Labute approximate surface area is 126 Å². The Hall–Kier alpha value is -2.15. The molecule has 0 aliphatic carbocycles. The van der Waals surface area contributed by atoms with Crippen molar-refractivity contribution in [3.05, 3.63) is 34.7 Å². The maximum Gasteiger partial charge on any atom is 0.331 e. The van der Waals surface area contributed by atoms with Crippen molar-refractivity contribution in [3.8, 4) is 0 Å². The molecule has 2 aromatic rings. The number of nitrogens with one attached hydrogen (secondary N) is 1. The fourth-order valence-corrected chi connectivity index (χ4v) is 2.41. The number of nitrogens with zero attached hydrogens (tertiary/aromatic N) is 2. The summed E-state index contributed by atoms with van der Waals surface area (Å²) in [6, 6.07) is 5.53. The quantitative estimate of drug-likeness (QED) is 0.858. The molecule has 21 heavy (non-hydrogen) atoms. The standard InChI is InChI=1S/C14H17N3O3S/c1-14(2,13(19)20)17-8-7-11(16-17)15-12(18)6-5-10-4-3-9-21-10/h3-4,7-9H,5-6H2,1-2H3,(H,19,20)(H,15,16,18). The smallest absolute Gasteiger partial charge is 0.331 e. The number of amides is 1. The summed E-state index contributed by atoms with van der Waals surface area (Å²) in [6.45, 7) is 3.09. The Kier molecular flexibility index (Phi) is 4.42. The van der Waals surface area contributed by atoms with Crippen LogP contribution < -0.4 is 5.32 Å². The molecular weight excluding hydrogens is 290 g/mol. The Morgan fingerprint density at radius 2 is 2.19 bits per heavy atom. The van der Waals surface area contributed by atoms with Gasteiger partial charge in [0.2, 0.25) is 5.91 Å². The van der Waals surface area contributed by atoms with Crippen LogP contribution >= 0.6 is 11.3 Å². The predicted molar refractivity (Wildman–Crippen MR) is 80.5 cm³/mol. The second kappa shape index (κ2) is 6.09. The lowest BCUT2D eigenvalue weighted by atomic mass is 10.1. The summed E-state index contributed by atoms with van der Waals surface area (Å²) in [5, 5.41) is 17.9. The molecule has 112 valence electrons. The Bertz CT molecular complexity index is 632. The summed E-state index contributed by atoms with van der Waals surface area (Å²) in [6.07, 6.45) is 2.60. The summed E-state index contributed by atoms with van der Waals surface area (Å²) in [7, 11) is 0. The van der Waals surface area contributed by atoms with Gasteiger partial charge in [-0.05, 0) is 31.7 Å². The van der Waals surface area contributed by atoms with E-state index in [1.807, 2.05) is 17.5 Å². The summed E-state index contributed by atoms with van der Waals surface area (Å²) >= 11 is 1.62. The highest BCUT2D eigenvalue weighted by molar-refractivity contribution is 7.09. The topological polar surface area (TPSA) is 84.2 Å². The number of hydrogen-bond donors (Lipinski definition) is 2. The van der Waals surface area contributed by atoms with Crippen LogP contribution in [0.3, 0.4) is 0 Å². The van der Waals surface area contributed by atoms with E-state index in [-0.39, 0.29) is 5.91 Å². The van der Waals surface area contributed by atoms with Gasteiger partial charge >= 0.3 is 5.97 Å². The van der Waals surface area contributed by atoms with Crippen molar-refractivity contribution in [2.75, 3.05) is 5.32 Å². The van der Waals surface area contributed by atoms with Crippen LogP contribution in [0.25, 0.3) is 0 Å². The monoisotopic (exact) mass is 307 g/mol. The number of carbonyl (C=O) groups is 2. The van der Waals surface area contributed by atoms with Crippen LogP contribution in [-0.2, 0) is 21.5 Å². The van der Waals surface area contributed by atoms with Crippen LogP contribution in [0.1, 0.15) is 25.1 Å². The number of carboxylic acids is 1. The van der Waals surface area contributed by atoms with Crippen molar-refractivity contribution in [3.63, 3.8) is 0 Å². The Morgan fingerprint density at radius 1 is 1.43 bits per heavy atom. The van der Waals surface area contributed by atoms with E-state index in [0.717, 1.165) is 4.88 Å². The highest BCUT2D eigenvalue weighted by atomic mass is 32.1. The molecule has 2 heterocycles. The molecule has 0 saturated heterocycles. The minimum absolute atomic E-state index is 0.137. The SMILES string of the molecule is CC(C)(C(=O)O)n1ccc(NC(=O)CCc2cccs2)n1. The van der Waals surface area contributed by atoms with Gasteiger partial charge in [-0.25, -0.2) is 4.79 Å². The van der Waals surface area contributed by atoms with Crippen molar-refractivity contribution < 1.29 is 14.7 Å². The molecule has 0 radical (unpaired) electrons. The van der Waals surface area contributed by atoms with Crippen LogP contribution in [0.15, 0.2) is 29.8 Å². The minimum atomic E-state index is -1.15. The molecule has 2 aromatic heterocycles. The average molecular weight is 307 g/mol. The molecule has 0 bridgehead atoms. The molecule has 0 fully saturated rings. The number of aryl methyl sites for hydroxylation is 1. The van der Waals surface area contributed by atoms with Gasteiger partial charge in [-0.1, -0.05) is 6.07 Å². The molecule has 6 nitrogen and oxygen atoms in total. The van der Waals surface area contributed by atoms with Crippen LogP contribution in [0.4, 0.5) is 5.82 Å². The fourth-order valence-electron chi connectivity index (χ4n) is 1.70. The molecule has 0 atom stereocenters. The highest BCUT2D eigenvalue weighted by Gasteiger charge is 2.30. The summed E-state index contributed by atoms with van der Waals surface area (Å²) in [5.41, 5.74) is -1.15. The van der Waals surface area contributed by atoms with Crippen LogP contribution in [0, 0.1) is 0 Å². The number of aliphatic carboxylic acids is 1. The number of carboxylic acid groups (broad SMARTS) is 1. The zero-order valence-electron chi connectivity index (χ0n) is 11.9. The van der Waals surface area contributed by atoms with Crippen molar-refractivity contribution in [2.45, 2.75) is 32.2 Å². The van der Waals surface area contributed by atoms with E-state index in [1.165, 1.54) is 4.68 Å². The molecule has 2 rings (SSSR count). The van der Waals surface area contributed by atoms with Gasteiger partial charge in [0.15, 0.2) is 11.4 Å². The number of thiophene rings is 1. The molecule has 1 amide bonds. The van der Waals surface area contributed by atoms with Crippen molar-refractivity contribution >= 4 is 29.0 Å². The molecule has 0 aliphatic heterocycles. The molecule has 0 unspecified atom stereocenters. The zero-order chi connectivity index (χ0) is 15.5. The van der Waals surface area contributed by atoms with Crippen molar-refractivity contribution in [1.29, 1.82) is 0 Å². The third-order valence-corrected chi connectivity index (χ3v) is 4.07. The van der Waals surface area contributed by atoms with Gasteiger partial charge in [0.05, 0.1) is 0 Å². The van der Waals surface area contributed by atoms with E-state index < -0.39 is 11.5 Å². The van der Waals surface area contributed by atoms with Gasteiger partial charge in [-0.3, -0.25) is 9.48 Å². The van der Waals surface area contributed by atoms with Gasteiger partial charge in [-0.2, -0.15) is 5.10 Å². The van der Waals surface area contributed by atoms with E-state index in [9.17, 15) is 9.59 Å². The van der Waals surface area contributed by atoms with Crippen LogP contribution in [0.5, 0.6) is 0 Å². The first-order valence-corrected chi connectivity index (χ1v) is 7.39. The number of anilines is 1. The second-order valence-electron chi connectivity index (χ2n) is 5.14. The van der Waals surface area contributed by atoms with E-state index in [1.54, 1.807) is 37.4 Å². The largest absolute Gasteiger partial charge is 0.479 e. The third-order valence-electron chi connectivity index (χ3n) is 3.13. The first-order chi connectivity index (χ1) is 9.89. The maximum absolute atomic E-state index is 11.8. The van der Waals surface area contributed by atoms with Gasteiger partial charge < -0.3 is 10.4 Å². The first kappa shape index (κ1) is 15.2. The molecule has 0 aliphatic rings. The van der Waals surface area contributed by atoms with Crippen molar-refractivity contribution in [2.24, 2.45) is 0 Å². The minimum Gasteiger partial charge on any atom is -0.479 e. The van der Waals surface area contributed by atoms with Crippen LogP contribution in [0.2, 0.25) is 0 Å². The number of aromatic nitrogens is 2. The first-order valence-electron chi connectivity index (χ1n) is 6.51. The van der Waals surface area contributed by atoms with Crippen LogP contribution in [-0.4, -0.2) is 26.8 Å². The second-order valence-corrected chi connectivity index (χ2v) is 6.17. The lowest BCUT2D eigenvalue weighted by Crippen LogP contribution is -2.36. The molecule has 2 N–H and O–H groups in total. The number of hydrogen-bond acceptors (Lipinski definition) is 4. The number of carbonyl (C=O) groups excluding carboxylic acids is 1. The summed E-state index contributed by atoms with van der Waals surface area (Å²) in [4.78, 5) is 24.1. The third kappa shape index (κ3) is 3.69. The molecule has 0 spiro atoms. The lowest BCUT2D eigenvalue weighted by Gasteiger charge is -2.19. The molecule has 0 aromatic carbocycles. The average Bonchev–Trinajstić information content (AvgIpc) is 3.07. The molecule has 0 saturated carbocycles. The predicted octanol–water partition coefficient (Wildman–Crippen LogP) is 2.34. The van der Waals surface area contributed by atoms with E-state index in [4.69, 9.17) is 5.11 Å². The maximum atomic E-state index is 11.8. The van der Waals surface area contributed by atoms with E-state index in [0.29, 0.717) is 18.7 Å². The molecular formula is C14H17N3O3S. The summed E-state index contributed by atoms with van der Waals surface area (Å²) in [5.74, 6) is -0.761. The molecule has 7 heteroatoms. The highest BCUT2D eigenvalue weighted by Crippen LogP contribution is 2.17. The van der Waals surface area contributed by atoms with Gasteiger partial charge in [0.1, 0.15) is 0 Å². The normalized spacial score (nSPS) is 11.3. The fraction of sp³-hybridized carbons (Fsp3) is 0.357. The Balaban J connectivity index is 1.93. The number of rotatable bonds is 6.